The molecule has 0 saturated carbocycles. The lowest BCUT2D eigenvalue weighted by Gasteiger charge is -2.37. The van der Waals surface area contributed by atoms with E-state index in [0.717, 1.165) is 33.5 Å². The van der Waals surface area contributed by atoms with Crippen LogP contribution in [-0.2, 0) is 11.2 Å². The van der Waals surface area contributed by atoms with Crippen molar-refractivity contribution in [3.63, 3.8) is 0 Å². The van der Waals surface area contributed by atoms with Gasteiger partial charge in [-0.1, -0.05) is 53.6 Å². The highest BCUT2D eigenvalue weighted by Gasteiger charge is 2.34. The van der Waals surface area contributed by atoms with Crippen molar-refractivity contribution in [2.75, 3.05) is 11.9 Å². The minimum absolute atomic E-state index is 0.153. The molecule has 2 atom stereocenters. The van der Waals surface area contributed by atoms with Gasteiger partial charge in [0, 0.05) is 12.2 Å². The van der Waals surface area contributed by atoms with E-state index < -0.39 is 6.10 Å². The Morgan fingerprint density at radius 1 is 0.973 bits per heavy atom. The van der Waals surface area contributed by atoms with Crippen LogP contribution in [-0.4, -0.2) is 29.4 Å². The summed E-state index contributed by atoms with van der Waals surface area (Å²) in [5.41, 5.74) is 6.12. The quantitative estimate of drug-likeness (QED) is 0.352. The van der Waals surface area contributed by atoms with Crippen LogP contribution in [0.3, 0.4) is 0 Å². The number of hydrogen-bond acceptors (Lipinski definition) is 4. The predicted octanol–water partition coefficient (Wildman–Crippen LogP) is 6.09. The van der Waals surface area contributed by atoms with Gasteiger partial charge in [0.1, 0.15) is 5.75 Å². The Morgan fingerprint density at radius 3 is 2.51 bits per heavy atom. The lowest BCUT2D eigenvalue weighted by molar-refractivity contribution is -0.122. The van der Waals surface area contributed by atoms with Gasteiger partial charge in [0.05, 0.1) is 12.3 Å². The monoisotopic (exact) mass is 494 g/mol. The average molecular weight is 495 g/mol. The number of furan rings is 1. The predicted molar refractivity (Wildman–Crippen MR) is 143 cm³/mol. The maximum atomic E-state index is 13.4. The van der Waals surface area contributed by atoms with Crippen LogP contribution in [0.2, 0.25) is 0 Å². The van der Waals surface area contributed by atoms with Crippen molar-refractivity contribution in [1.29, 1.82) is 0 Å². The summed E-state index contributed by atoms with van der Waals surface area (Å²) >= 11 is 0. The summed E-state index contributed by atoms with van der Waals surface area (Å²) < 4.78 is 11.5. The van der Waals surface area contributed by atoms with Crippen molar-refractivity contribution in [3.05, 3.63) is 119 Å². The molecule has 2 heterocycles. The second kappa shape index (κ2) is 10.3. The number of aryl methyl sites for hydroxylation is 2. The molecule has 37 heavy (non-hydrogen) atoms. The van der Waals surface area contributed by atoms with Gasteiger partial charge in [-0.25, -0.2) is 0 Å². The van der Waals surface area contributed by atoms with E-state index >= 15 is 0 Å². The van der Waals surface area contributed by atoms with E-state index in [1.807, 2.05) is 79.4 Å². The Hall–Kier alpha value is -4.32. The molecule has 3 aromatic carbocycles. The number of ether oxygens (including phenoxy) is 1. The van der Waals surface area contributed by atoms with E-state index in [1.54, 1.807) is 19.1 Å². The Kier molecular flexibility index (Phi) is 6.82. The van der Waals surface area contributed by atoms with Crippen LogP contribution in [0, 0.1) is 13.8 Å². The van der Waals surface area contributed by atoms with Gasteiger partial charge < -0.3 is 19.4 Å². The number of fused-ring (bicyclic) bond motifs is 1. The first-order valence-corrected chi connectivity index (χ1v) is 12.5. The summed E-state index contributed by atoms with van der Waals surface area (Å²) in [6.07, 6.45) is 1.52. The first-order chi connectivity index (χ1) is 17.9. The van der Waals surface area contributed by atoms with Crippen LogP contribution >= 0.6 is 0 Å². The van der Waals surface area contributed by atoms with E-state index in [-0.39, 0.29) is 17.9 Å². The highest BCUT2D eigenvalue weighted by molar-refractivity contribution is 5.94. The average Bonchev–Trinajstić information content (AvgIpc) is 3.44. The second-order valence-electron chi connectivity index (χ2n) is 9.52. The highest BCUT2D eigenvalue weighted by Crippen LogP contribution is 2.38. The molecular weight excluding hydrogens is 464 g/mol. The molecule has 0 fully saturated rings. The lowest BCUT2D eigenvalue weighted by Crippen LogP contribution is -2.40. The maximum absolute atomic E-state index is 13.4. The molecule has 6 heteroatoms. The standard InChI is InChI=1S/C31H30N2O4/c1-20-9-12-25(13-10-20)32-30(34)22(3)37-26-14-11-23-15-16-33(31(35)28-8-5-17-36-28)29(27(23)19-26)24-7-4-6-21(2)18-24/h4-14,17-19,22,29H,15-16H2,1-3H3,(H,32,34)/t22-,29+/m1/s1. The zero-order valence-electron chi connectivity index (χ0n) is 21.2. The van der Waals surface area contributed by atoms with Crippen molar-refractivity contribution in [3.8, 4) is 5.75 Å². The number of rotatable bonds is 6. The Bertz CT molecular complexity index is 1410. The largest absolute Gasteiger partial charge is 0.481 e. The molecule has 0 spiro atoms. The SMILES string of the molecule is Cc1ccc(NC(=O)[C@@H](C)Oc2ccc3c(c2)[C@H](c2cccc(C)c2)N(C(=O)c2ccco2)CC3)cc1. The molecule has 0 bridgehead atoms. The molecule has 1 aliphatic rings. The molecule has 1 aromatic heterocycles. The number of hydrogen-bond donors (Lipinski definition) is 1. The van der Waals surface area contributed by atoms with Crippen molar-refractivity contribution >= 4 is 17.5 Å². The van der Waals surface area contributed by atoms with Crippen LogP contribution in [0.5, 0.6) is 5.75 Å². The third-order valence-corrected chi connectivity index (χ3v) is 6.70. The number of nitrogens with zero attached hydrogens (tertiary/aromatic N) is 1. The topological polar surface area (TPSA) is 71.8 Å². The number of nitrogens with one attached hydrogen (secondary N) is 1. The molecule has 0 saturated heterocycles. The van der Waals surface area contributed by atoms with Crippen molar-refractivity contribution < 1.29 is 18.7 Å². The number of carbonyl (C=O) groups is 2. The Labute approximate surface area is 216 Å². The third-order valence-electron chi connectivity index (χ3n) is 6.70. The zero-order valence-corrected chi connectivity index (χ0v) is 21.2. The summed E-state index contributed by atoms with van der Waals surface area (Å²) in [7, 11) is 0. The normalized spacial score (nSPS) is 15.5. The number of anilines is 1. The molecule has 5 rings (SSSR count). The molecular formula is C31H30N2O4. The van der Waals surface area contributed by atoms with Crippen molar-refractivity contribution in [1.82, 2.24) is 4.90 Å². The second-order valence-corrected chi connectivity index (χ2v) is 9.52. The van der Waals surface area contributed by atoms with E-state index in [2.05, 4.69) is 11.4 Å². The van der Waals surface area contributed by atoms with Crippen LogP contribution in [0.25, 0.3) is 0 Å². The minimum atomic E-state index is -0.707. The number of carbonyl (C=O) groups excluding carboxylic acids is 2. The Morgan fingerprint density at radius 2 is 1.78 bits per heavy atom. The maximum Gasteiger partial charge on any atom is 0.290 e. The van der Waals surface area contributed by atoms with Gasteiger partial charge in [0.2, 0.25) is 0 Å². The number of amides is 2. The molecule has 2 amide bonds. The first-order valence-electron chi connectivity index (χ1n) is 12.5. The smallest absolute Gasteiger partial charge is 0.290 e. The van der Waals surface area contributed by atoms with Gasteiger partial charge in [-0.3, -0.25) is 9.59 Å². The lowest BCUT2D eigenvalue weighted by atomic mass is 9.87. The fourth-order valence-corrected chi connectivity index (χ4v) is 4.77. The molecule has 0 radical (unpaired) electrons. The fraction of sp³-hybridized carbons (Fsp3) is 0.226. The van der Waals surface area contributed by atoms with Crippen molar-refractivity contribution in [2.45, 2.75) is 39.3 Å². The van der Waals surface area contributed by atoms with E-state index in [0.29, 0.717) is 24.5 Å². The summed E-state index contributed by atoms with van der Waals surface area (Å²) in [5, 5.41) is 2.90. The first kappa shape index (κ1) is 24.4. The summed E-state index contributed by atoms with van der Waals surface area (Å²) in [4.78, 5) is 28.1. The van der Waals surface area contributed by atoms with Gasteiger partial charge in [0.15, 0.2) is 11.9 Å². The van der Waals surface area contributed by atoms with E-state index in [1.165, 1.54) is 6.26 Å². The van der Waals surface area contributed by atoms with Gasteiger partial charge in [-0.15, -0.1) is 0 Å². The van der Waals surface area contributed by atoms with Crippen LogP contribution in [0.4, 0.5) is 5.69 Å². The molecule has 0 unspecified atom stereocenters. The van der Waals surface area contributed by atoms with Gasteiger partial charge in [-0.05, 0) is 80.3 Å². The Balaban J connectivity index is 1.43. The minimum Gasteiger partial charge on any atom is -0.481 e. The molecule has 188 valence electrons. The summed E-state index contributed by atoms with van der Waals surface area (Å²) in [6, 6.07) is 24.8. The van der Waals surface area contributed by atoms with Crippen molar-refractivity contribution in [2.24, 2.45) is 0 Å². The van der Waals surface area contributed by atoms with E-state index in [9.17, 15) is 9.59 Å². The van der Waals surface area contributed by atoms with E-state index in [4.69, 9.17) is 9.15 Å². The summed E-state index contributed by atoms with van der Waals surface area (Å²) in [6.45, 7) is 6.34. The molecule has 4 aromatic rings. The van der Waals surface area contributed by atoms with Gasteiger partial charge in [0.25, 0.3) is 11.8 Å². The fourth-order valence-electron chi connectivity index (χ4n) is 4.77. The van der Waals surface area contributed by atoms with Gasteiger partial charge >= 0.3 is 0 Å². The number of benzene rings is 3. The molecule has 1 N–H and O–H groups in total. The van der Waals surface area contributed by atoms with Crippen LogP contribution in [0.1, 0.15) is 51.3 Å². The summed E-state index contributed by atoms with van der Waals surface area (Å²) in [5.74, 6) is 0.510. The highest BCUT2D eigenvalue weighted by atomic mass is 16.5. The molecule has 1 aliphatic heterocycles. The van der Waals surface area contributed by atoms with Crippen LogP contribution < -0.4 is 10.1 Å². The molecule has 0 aliphatic carbocycles. The van der Waals surface area contributed by atoms with Crippen LogP contribution in [0.15, 0.2) is 89.5 Å². The van der Waals surface area contributed by atoms with Gasteiger partial charge in [-0.2, -0.15) is 0 Å². The third kappa shape index (κ3) is 5.28. The molecule has 6 nitrogen and oxygen atoms in total. The zero-order chi connectivity index (χ0) is 25.9.